The number of aromatic nitrogens is 3. The molecule has 2 N–H and O–H groups in total. The van der Waals surface area contributed by atoms with Gasteiger partial charge in [0.15, 0.2) is 5.16 Å². The fourth-order valence-electron chi connectivity index (χ4n) is 1.41. The van der Waals surface area contributed by atoms with Crippen LogP contribution in [-0.2, 0) is 7.05 Å². The van der Waals surface area contributed by atoms with Gasteiger partial charge in [0.05, 0.1) is 12.3 Å². The molecule has 0 bridgehead atoms. The van der Waals surface area contributed by atoms with Crippen LogP contribution in [0.2, 0.25) is 0 Å². The summed E-state index contributed by atoms with van der Waals surface area (Å²) >= 11 is 1.62. The van der Waals surface area contributed by atoms with Crippen LogP contribution in [0.3, 0.4) is 0 Å². The topological polar surface area (TPSA) is 66.0 Å². The second-order valence-electron chi connectivity index (χ2n) is 3.82. The van der Waals surface area contributed by atoms with Gasteiger partial charge >= 0.3 is 0 Å². The fraction of sp³-hybridized carbons (Fsp3) is 0.333. The fourth-order valence-corrected chi connectivity index (χ4v) is 2.18. The van der Waals surface area contributed by atoms with Crippen LogP contribution in [0.1, 0.15) is 5.82 Å². The minimum Gasteiger partial charge on any atom is -0.491 e. The van der Waals surface area contributed by atoms with Crippen molar-refractivity contribution in [3.05, 3.63) is 30.1 Å². The third kappa shape index (κ3) is 2.95. The molecule has 2 aromatic rings. The average Bonchev–Trinajstić information content (AvgIpc) is 2.68. The molecule has 1 aromatic heterocycles. The van der Waals surface area contributed by atoms with Gasteiger partial charge in [0.2, 0.25) is 0 Å². The lowest BCUT2D eigenvalue weighted by molar-refractivity contribution is 0.345. The van der Waals surface area contributed by atoms with Gasteiger partial charge < -0.3 is 15.0 Å². The summed E-state index contributed by atoms with van der Waals surface area (Å²) in [6, 6.07) is 7.49. The van der Waals surface area contributed by atoms with Crippen molar-refractivity contribution < 1.29 is 4.74 Å². The molecule has 0 spiro atoms. The van der Waals surface area contributed by atoms with E-state index in [0.29, 0.717) is 12.3 Å². The Morgan fingerprint density at radius 2 is 2.11 bits per heavy atom. The summed E-state index contributed by atoms with van der Waals surface area (Å²) in [5, 5.41) is 8.97. The highest BCUT2D eigenvalue weighted by Gasteiger charge is 2.05. The zero-order chi connectivity index (χ0) is 13.0. The molecule has 96 valence electrons. The SMILES string of the molecule is Cc1nnc(SCCOc2ccccc2N)n1C. The van der Waals surface area contributed by atoms with E-state index in [1.165, 1.54) is 0 Å². The number of hydrogen-bond donors (Lipinski definition) is 1. The quantitative estimate of drug-likeness (QED) is 0.507. The molecule has 0 saturated carbocycles. The molecular formula is C12H16N4OS. The van der Waals surface area contributed by atoms with E-state index in [9.17, 15) is 0 Å². The van der Waals surface area contributed by atoms with Crippen molar-refractivity contribution in [3.8, 4) is 5.75 Å². The largest absolute Gasteiger partial charge is 0.491 e. The lowest BCUT2D eigenvalue weighted by Gasteiger charge is -2.07. The van der Waals surface area contributed by atoms with Crippen molar-refractivity contribution in [3.63, 3.8) is 0 Å². The summed E-state index contributed by atoms with van der Waals surface area (Å²) < 4.78 is 7.56. The van der Waals surface area contributed by atoms with Gasteiger partial charge in [-0.1, -0.05) is 23.9 Å². The van der Waals surface area contributed by atoms with E-state index in [0.717, 1.165) is 22.5 Å². The highest BCUT2D eigenvalue weighted by atomic mass is 32.2. The molecule has 18 heavy (non-hydrogen) atoms. The first kappa shape index (κ1) is 12.8. The number of benzene rings is 1. The Bertz CT molecular complexity index is 527. The number of hydrogen-bond acceptors (Lipinski definition) is 5. The van der Waals surface area contributed by atoms with Gasteiger partial charge in [-0.05, 0) is 19.1 Å². The minimum absolute atomic E-state index is 0.588. The molecule has 6 heteroatoms. The Kier molecular flexibility index (Phi) is 4.09. The van der Waals surface area contributed by atoms with E-state index in [4.69, 9.17) is 10.5 Å². The van der Waals surface area contributed by atoms with Crippen LogP contribution in [-0.4, -0.2) is 27.1 Å². The number of nitrogen functional groups attached to an aromatic ring is 1. The molecule has 0 aliphatic carbocycles. The molecular weight excluding hydrogens is 248 g/mol. The van der Waals surface area contributed by atoms with E-state index in [-0.39, 0.29) is 0 Å². The Morgan fingerprint density at radius 3 is 2.78 bits per heavy atom. The molecule has 0 radical (unpaired) electrons. The second kappa shape index (κ2) is 5.77. The van der Waals surface area contributed by atoms with Crippen molar-refractivity contribution in [1.82, 2.24) is 14.8 Å². The molecule has 0 aliphatic heterocycles. The predicted molar refractivity (Wildman–Crippen MR) is 72.8 cm³/mol. The smallest absolute Gasteiger partial charge is 0.191 e. The van der Waals surface area contributed by atoms with Crippen LogP contribution in [0.4, 0.5) is 5.69 Å². The van der Waals surface area contributed by atoms with Crippen LogP contribution in [0.15, 0.2) is 29.4 Å². The van der Waals surface area contributed by atoms with Crippen molar-refractivity contribution in [2.24, 2.45) is 7.05 Å². The van der Waals surface area contributed by atoms with Gasteiger partial charge in [-0.3, -0.25) is 0 Å². The minimum atomic E-state index is 0.588. The number of para-hydroxylation sites is 2. The molecule has 0 saturated heterocycles. The predicted octanol–water partition coefficient (Wildman–Crippen LogP) is 1.88. The zero-order valence-electron chi connectivity index (χ0n) is 10.5. The highest BCUT2D eigenvalue weighted by molar-refractivity contribution is 7.99. The number of nitrogens with two attached hydrogens (primary N) is 1. The number of ether oxygens (including phenoxy) is 1. The summed E-state index contributed by atoms with van der Waals surface area (Å²) in [7, 11) is 1.95. The van der Waals surface area contributed by atoms with E-state index in [1.54, 1.807) is 11.8 Å². The normalized spacial score (nSPS) is 10.6. The summed E-state index contributed by atoms with van der Waals surface area (Å²) in [6.07, 6.45) is 0. The molecule has 0 fully saturated rings. The molecule has 1 aromatic carbocycles. The van der Waals surface area contributed by atoms with Gasteiger partial charge in [-0.25, -0.2) is 0 Å². The van der Waals surface area contributed by atoms with Crippen LogP contribution >= 0.6 is 11.8 Å². The first-order valence-corrected chi connectivity index (χ1v) is 6.63. The summed E-state index contributed by atoms with van der Waals surface area (Å²) in [4.78, 5) is 0. The van der Waals surface area contributed by atoms with Gasteiger partial charge in [0.25, 0.3) is 0 Å². The van der Waals surface area contributed by atoms with Gasteiger partial charge in [-0.2, -0.15) is 0 Å². The molecule has 0 aliphatic rings. The molecule has 0 unspecified atom stereocenters. The highest BCUT2D eigenvalue weighted by Crippen LogP contribution is 2.21. The lowest BCUT2D eigenvalue weighted by Crippen LogP contribution is -2.03. The molecule has 0 atom stereocenters. The number of rotatable bonds is 5. The zero-order valence-corrected chi connectivity index (χ0v) is 11.3. The molecule has 0 amide bonds. The van der Waals surface area contributed by atoms with Crippen molar-refractivity contribution in [1.29, 1.82) is 0 Å². The molecule has 2 rings (SSSR count). The first-order valence-electron chi connectivity index (χ1n) is 5.64. The third-order valence-corrected chi connectivity index (χ3v) is 3.53. The third-order valence-electron chi connectivity index (χ3n) is 2.54. The van der Waals surface area contributed by atoms with E-state index < -0.39 is 0 Å². The van der Waals surface area contributed by atoms with Crippen molar-refractivity contribution in [2.75, 3.05) is 18.1 Å². The first-order chi connectivity index (χ1) is 8.68. The second-order valence-corrected chi connectivity index (χ2v) is 4.89. The van der Waals surface area contributed by atoms with Crippen LogP contribution < -0.4 is 10.5 Å². The Morgan fingerprint density at radius 1 is 1.33 bits per heavy atom. The summed E-state index contributed by atoms with van der Waals surface area (Å²) in [6.45, 7) is 2.52. The van der Waals surface area contributed by atoms with Crippen LogP contribution in [0.25, 0.3) is 0 Å². The van der Waals surface area contributed by atoms with E-state index in [2.05, 4.69) is 10.2 Å². The summed E-state index contributed by atoms with van der Waals surface area (Å²) in [5.74, 6) is 2.44. The maximum atomic E-state index is 5.78. The Labute approximate surface area is 110 Å². The van der Waals surface area contributed by atoms with E-state index >= 15 is 0 Å². The summed E-state index contributed by atoms with van der Waals surface area (Å²) in [5.41, 5.74) is 6.45. The monoisotopic (exact) mass is 264 g/mol. The van der Waals surface area contributed by atoms with Gasteiger partial charge in [-0.15, -0.1) is 10.2 Å². The Balaban J connectivity index is 1.80. The molecule has 1 heterocycles. The van der Waals surface area contributed by atoms with Crippen LogP contribution in [0, 0.1) is 6.92 Å². The maximum absolute atomic E-state index is 5.78. The average molecular weight is 264 g/mol. The van der Waals surface area contributed by atoms with Crippen molar-refractivity contribution in [2.45, 2.75) is 12.1 Å². The van der Waals surface area contributed by atoms with Crippen LogP contribution in [0.5, 0.6) is 5.75 Å². The number of anilines is 1. The standard InChI is InChI=1S/C12H16N4OS/c1-9-14-15-12(16(9)2)18-8-7-17-11-6-4-3-5-10(11)13/h3-6H,7-8,13H2,1-2H3. The number of nitrogens with zero attached hydrogens (tertiary/aromatic N) is 3. The number of aryl methyl sites for hydroxylation is 1. The van der Waals surface area contributed by atoms with Gasteiger partial charge in [0.1, 0.15) is 11.6 Å². The molecule has 5 nitrogen and oxygen atoms in total. The maximum Gasteiger partial charge on any atom is 0.191 e. The van der Waals surface area contributed by atoms with E-state index in [1.807, 2.05) is 42.8 Å². The lowest BCUT2D eigenvalue weighted by atomic mass is 10.3. The number of thioether (sulfide) groups is 1. The Hall–Kier alpha value is -1.69. The van der Waals surface area contributed by atoms with Gasteiger partial charge in [0, 0.05) is 12.8 Å². The van der Waals surface area contributed by atoms with Crippen molar-refractivity contribution >= 4 is 17.4 Å².